The quantitative estimate of drug-likeness (QED) is 0.681. The molecule has 0 saturated carbocycles. The van der Waals surface area contributed by atoms with E-state index in [0.29, 0.717) is 12.3 Å². The Balaban J connectivity index is 2.27. The second kappa shape index (κ2) is 7.62. The Morgan fingerprint density at radius 2 is 2.35 bits per heavy atom. The predicted molar refractivity (Wildman–Crippen MR) is 65.9 cm³/mol. The van der Waals surface area contributed by atoms with Crippen LogP contribution < -0.4 is 15.4 Å². The molecule has 0 aromatic carbocycles. The van der Waals surface area contributed by atoms with Gasteiger partial charge >= 0.3 is 0 Å². The Hall–Kier alpha value is -1.62. The molecule has 94 valence electrons. The van der Waals surface area contributed by atoms with Crippen molar-refractivity contribution < 1.29 is 9.53 Å². The maximum absolute atomic E-state index is 11.6. The van der Waals surface area contributed by atoms with E-state index < -0.39 is 6.10 Å². The molecule has 5 nitrogen and oxygen atoms in total. The molecule has 0 aliphatic heterocycles. The molecule has 0 bridgehead atoms. The van der Waals surface area contributed by atoms with Crippen LogP contribution in [-0.4, -0.2) is 36.6 Å². The molecule has 1 heterocycles. The van der Waals surface area contributed by atoms with Gasteiger partial charge in [-0.2, -0.15) is 0 Å². The van der Waals surface area contributed by atoms with Crippen molar-refractivity contribution in [1.82, 2.24) is 15.6 Å². The van der Waals surface area contributed by atoms with Crippen molar-refractivity contribution in [2.45, 2.75) is 20.0 Å². The highest BCUT2D eigenvalue weighted by molar-refractivity contribution is 5.80. The molecule has 1 aromatic heterocycles. The Kier molecular flexibility index (Phi) is 6.03. The normalized spacial score (nSPS) is 11.9. The number of hydrogen-bond donors (Lipinski definition) is 2. The first-order valence-electron chi connectivity index (χ1n) is 5.79. The van der Waals surface area contributed by atoms with Gasteiger partial charge in [-0.05, 0) is 25.6 Å². The van der Waals surface area contributed by atoms with E-state index in [-0.39, 0.29) is 5.91 Å². The predicted octanol–water partition coefficient (Wildman–Crippen LogP) is 0.575. The summed E-state index contributed by atoms with van der Waals surface area (Å²) in [5.74, 6) is 0.480. The summed E-state index contributed by atoms with van der Waals surface area (Å²) < 4.78 is 5.44. The van der Waals surface area contributed by atoms with Gasteiger partial charge in [-0.25, -0.2) is 0 Å². The third-order valence-corrected chi connectivity index (χ3v) is 2.17. The summed E-state index contributed by atoms with van der Waals surface area (Å²) >= 11 is 0. The average molecular weight is 237 g/mol. The van der Waals surface area contributed by atoms with E-state index in [1.807, 2.05) is 6.92 Å². The molecule has 1 atom stereocenters. The van der Waals surface area contributed by atoms with E-state index in [0.717, 1.165) is 13.1 Å². The lowest BCUT2D eigenvalue weighted by Crippen LogP contribution is -2.39. The largest absolute Gasteiger partial charge is 0.479 e. The van der Waals surface area contributed by atoms with Crippen molar-refractivity contribution in [3.05, 3.63) is 24.5 Å². The first-order valence-corrected chi connectivity index (χ1v) is 5.79. The van der Waals surface area contributed by atoms with E-state index in [2.05, 4.69) is 15.6 Å². The van der Waals surface area contributed by atoms with Crippen molar-refractivity contribution in [2.24, 2.45) is 0 Å². The summed E-state index contributed by atoms with van der Waals surface area (Å²) in [4.78, 5) is 15.5. The number of pyridine rings is 1. The summed E-state index contributed by atoms with van der Waals surface area (Å²) in [7, 11) is 0. The number of ether oxygens (including phenoxy) is 1. The van der Waals surface area contributed by atoms with Crippen LogP contribution in [-0.2, 0) is 4.79 Å². The minimum Gasteiger partial charge on any atom is -0.479 e. The molecule has 0 radical (unpaired) electrons. The van der Waals surface area contributed by atoms with Gasteiger partial charge in [0, 0.05) is 19.3 Å². The molecule has 0 aliphatic rings. The topological polar surface area (TPSA) is 63.2 Å². The smallest absolute Gasteiger partial charge is 0.260 e. The Labute approximate surface area is 102 Å². The van der Waals surface area contributed by atoms with Crippen LogP contribution in [0.25, 0.3) is 0 Å². The SMILES string of the molecule is CCNCCNC(=O)C(C)Oc1cccnc1. The lowest BCUT2D eigenvalue weighted by molar-refractivity contribution is -0.127. The zero-order valence-electron chi connectivity index (χ0n) is 10.3. The molecule has 2 N–H and O–H groups in total. The second-order valence-corrected chi connectivity index (χ2v) is 3.59. The van der Waals surface area contributed by atoms with Crippen molar-refractivity contribution in [3.63, 3.8) is 0 Å². The van der Waals surface area contributed by atoms with Crippen molar-refractivity contribution in [2.75, 3.05) is 19.6 Å². The van der Waals surface area contributed by atoms with Crippen molar-refractivity contribution in [3.8, 4) is 5.75 Å². The van der Waals surface area contributed by atoms with E-state index in [1.165, 1.54) is 0 Å². The first-order chi connectivity index (χ1) is 8.24. The van der Waals surface area contributed by atoms with Gasteiger partial charge in [0.2, 0.25) is 0 Å². The first kappa shape index (κ1) is 13.4. The molecular weight excluding hydrogens is 218 g/mol. The summed E-state index contributed by atoms with van der Waals surface area (Å²) in [6, 6.07) is 3.54. The summed E-state index contributed by atoms with van der Waals surface area (Å²) in [6.45, 7) is 6.01. The maximum Gasteiger partial charge on any atom is 0.260 e. The summed E-state index contributed by atoms with van der Waals surface area (Å²) in [5, 5.41) is 5.92. The standard InChI is InChI=1S/C12H19N3O2/c1-3-13-7-8-15-12(16)10(2)17-11-5-4-6-14-9-11/h4-6,9-10,13H,3,7-8H2,1-2H3,(H,15,16). The molecule has 1 amide bonds. The van der Waals surface area contributed by atoms with Crippen LogP contribution in [0.3, 0.4) is 0 Å². The lowest BCUT2D eigenvalue weighted by atomic mass is 10.3. The van der Waals surface area contributed by atoms with Gasteiger partial charge in [0.1, 0.15) is 5.75 Å². The number of carbonyl (C=O) groups is 1. The molecular formula is C12H19N3O2. The second-order valence-electron chi connectivity index (χ2n) is 3.59. The van der Waals surface area contributed by atoms with E-state index in [4.69, 9.17) is 4.74 Å². The number of carbonyl (C=O) groups excluding carboxylic acids is 1. The van der Waals surface area contributed by atoms with Gasteiger partial charge in [-0.15, -0.1) is 0 Å². The number of aromatic nitrogens is 1. The number of nitrogens with one attached hydrogen (secondary N) is 2. The number of amides is 1. The van der Waals surface area contributed by atoms with Gasteiger partial charge in [-0.3, -0.25) is 9.78 Å². The van der Waals surface area contributed by atoms with Crippen LogP contribution in [0.2, 0.25) is 0 Å². The van der Waals surface area contributed by atoms with Gasteiger partial charge in [-0.1, -0.05) is 6.92 Å². The van der Waals surface area contributed by atoms with Crippen molar-refractivity contribution in [1.29, 1.82) is 0 Å². The van der Waals surface area contributed by atoms with E-state index >= 15 is 0 Å². The Morgan fingerprint density at radius 1 is 1.53 bits per heavy atom. The fraction of sp³-hybridized carbons (Fsp3) is 0.500. The van der Waals surface area contributed by atoms with Crippen LogP contribution >= 0.6 is 0 Å². The van der Waals surface area contributed by atoms with E-state index in [9.17, 15) is 4.79 Å². The zero-order valence-corrected chi connectivity index (χ0v) is 10.3. The molecule has 17 heavy (non-hydrogen) atoms. The zero-order chi connectivity index (χ0) is 12.5. The van der Waals surface area contributed by atoms with Crippen molar-refractivity contribution >= 4 is 5.91 Å². The van der Waals surface area contributed by atoms with Gasteiger partial charge in [0.25, 0.3) is 5.91 Å². The van der Waals surface area contributed by atoms with Gasteiger partial charge < -0.3 is 15.4 Å². The fourth-order valence-electron chi connectivity index (χ4n) is 1.27. The highest BCUT2D eigenvalue weighted by atomic mass is 16.5. The monoisotopic (exact) mass is 237 g/mol. The van der Waals surface area contributed by atoms with Crippen LogP contribution in [0, 0.1) is 0 Å². The maximum atomic E-state index is 11.6. The van der Waals surface area contributed by atoms with Crippen LogP contribution in [0.5, 0.6) is 5.75 Å². The average Bonchev–Trinajstić information content (AvgIpc) is 2.35. The Bertz CT molecular complexity index is 330. The molecule has 0 spiro atoms. The van der Waals surface area contributed by atoms with Crippen LogP contribution in [0.15, 0.2) is 24.5 Å². The molecule has 0 saturated heterocycles. The van der Waals surface area contributed by atoms with E-state index in [1.54, 1.807) is 31.5 Å². The highest BCUT2D eigenvalue weighted by Crippen LogP contribution is 2.08. The molecule has 0 fully saturated rings. The Morgan fingerprint density at radius 3 is 3.00 bits per heavy atom. The number of rotatable bonds is 7. The molecule has 5 heteroatoms. The lowest BCUT2D eigenvalue weighted by Gasteiger charge is -2.14. The molecule has 1 rings (SSSR count). The molecule has 1 aromatic rings. The minimum atomic E-state index is -0.513. The molecule has 1 unspecified atom stereocenters. The minimum absolute atomic E-state index is 0.119. The number of nitrogens with zero attached hydrogens (tertiary/aromatic N) is 1. The summed E-state index contributed by atoms with van der Waals surface area (Å²) in [6.07, 6.45) is 2.73. The van der Waals surface area contributed by atoms with Gasteiger partial charge in [0.05, 0.1) is 6.20 Å². The third-order valence-electron chi connectivity index (χ3n) is 2.17. The van der Waals surface area contributed by atoms with Crippen LogP contribution in [0.1, 0.15) is 13.8 Å². The number of hydrogen-bond acceptors (Lipinski definition) is 4. The van der Waals surface area contributed by atoms with Crippen LogP contribution in [0.4, 0.5) is 0 Å². The fourth-order valence-corrected chi connectivity index (χ4v) is 1.27. The number of likely N-dealkylation sites (N-methyl/N-ethyl adjacent to an activating group) is 1. The van der Waals surface area contributed by atoms with Gasteiger partial charge in [0.15, 0.2) is 6.10 Å². The molecule has 0 aliphatic carbocycles. The highest BCUT2D eigenvalue weighted by Gasteiger charge is 2.13. The summed E-state index contributed by atoms with van der Waals surface area (Å²) in [5.41, 5.74) is 0. The third kappa shape index (κ3) is 5.31.